The fourth-order valence-electron chi connectivity index (χ4n) is 2.51. The van der Waals surface area contributed by atoms with Crippen LogP contribution in [-0.2, 0) is 4.74 Å². The number of methoxy groups -OCH3 is 1. The molecule has 0 amide bonds. The molecule has 1 aliphatic rings. The molecule has 2 N–H and O–H groups in total. The first kappa shape index (κ1) is 16.5. The summed E-state index contributed by atoms with van der Waals surface area (Å²) in [6.07, 6.45) is 1.74. The molecule has 2 heterocycles. The van der Waals surface area contributed by atoms with Gasteiger partial charge in [-0.2, -0.15) is 4.98 Å². The van der Waals surface area contributed by atoms with E-state index >= 15 is 0 Å². The quantitative estimate of drug-likeness (QED) is 0.804. The van der Waals surface area contributed by atoms with Crippen molar-refractivity contribution in [2.45, 2.75) is 0 Å². The first-order valence-electron chi connectivity index (χ1n) is 8.11. The maximum atomic E-state index is 5.35. The average Bonchev–Trinajstić information content (AvgIpc) is 2.63. The highest BCUT2D eigenvalue weighted by Crippen LogP contribution is 2.19. The number of ether oxygens (including phenoxy) is 2. The number of anilines is 3. The number of benzene rings is 1. The van der Waals surface area contributed by atoms with Crippen LogP contribution in [0.15, 0.2) is 36.5 Å². The number of rotatable bonds is 7. The van der Waals surface area contributed by atoms with Gasteiger partial charge in [-0.25, -0.2) is 4.98 Å². The van der Waals surface area contributed by atoms with Crippen LogP contribution in [0.25, 0.3) is 0 Å². The lowest BCUT2D eigenvalue weighted by Gasteiger charge is -2.26. The summed E-state index contributed by atoms with van der Waals surface area (Å²) in [7, 11) is 1.65. The molecule has 0 spiro atoms. The fraction of sp³-hybridized carbons (Fsp3) is 0.412. The Hall–Kier alpha value is -2.38. The van der Waals surface area contributed by atoms with Crippen LogP contribution in [0.1, 0.15) is 0 Å². The molecule has 128 valence electrons. The molecule has 0 aliphatic carbocycles. The van der Waals surface area contributed by atoms with Crippen molar-refractivity contribution in [2.24, 2.45) is 0 Å². The topological polar surface area (TPSA) is 71.5 Å². The lowest BCUT2D eigenvalue weighted by atomic mass is 10.3. The molecule has 0 bridgehead atoms. The normalized spacial score (nSPS) is 15.0. The van der Waals surface area contributed by atoms with E-state index in [9.17, 15) is 0 Å². The van der Waals surface area contributed by atoms with Gasteiger partial charge in [-0.3, -0.25) is 4.90 Å². The van der Waals surface area contributed by atoms with Gasteiger partial charge in [0.2, 0.25) is 5.95 Å². The Kier molecular flexibility index (Phi) is 5.81. The van der Waals surface area contributed by atoms with E-state index < -0.39 is 0 Å². The van der Waals surface area contributed by atoms with Gasteiger partial charge in [0.25, 0.3) is 0 Å². The molecule has 24 heavy (non-hydrogen) atoms. The second-order valence-corrected chi connectivity index (χ2v) is 5.50. The summed E-state index contributed by atoms with van der Waals surface area (Å²) >= 11 is 0. The van der Waals surface area contributed by atoms with Gasteiger partial charge >= 0.3 is 0 Å². The third-order valence-corrected chi connectivity index (χ3v) is 3.82. The zero-order valence-corrected chi connectivity index (χ0v) is 13.9. The number of hydrogen-bond donors (Lipinski definition) is 2. The van der Waals surface area contributed by atoms with Crippen LogP contribution in [0.2, 0.25) is 0 Å². The van der Waals surface area contributed by atoms with Crippen LogP contribution in [0.5, 0.6) is 5.75 Å². The molecule has 0 atom stereocenters. The number of aromatic nitrogens is 2. The highest BCUT2D eigenvalue weighted by Gasteiger charge is 2.09. The van der Waals surface area contributed by atoms with E-state index in [-0.39, 0.29) is 0 Å². The van der Waals surface area contributed by atoms with Crippen molar-refractivity contribution in [1.82, 2.24) is 14.9 Å². The average molecular weight is 329 g/mol. The molecule has 1 fully saturated rings. The van der Waals surface area contributed by atoms with Crippen LogP contribution >= 0.6 is 0 Å². The molecule has 1 aromatic carbocycles. The summed E-state index contributed by atoms with van der Waals surface area (Å²) in [6.45, 7) is 5.45. The van der Waals surface area contributed by atoms with E-state index in [1.807, 2.05) is 30.3 Å². The summed E-state index contributed by atoms with van der Waals surface area (Å²) in [5, 5.41) is 6.53. The molecule has 0 saturated carbocycles. The number of nitrogens with one attached hydrogen (secondary N) is 2. The molecular formula is C17H23N5O2. The number of hydrogen-bond acceptors (Lipinski definition) is 7. The minimum atomic E-state index is 0.555. The second-order valence-electron chi connectivity index (χ2n) is 5.50. The third-order valence-electron chi connectivity index (χ3n) is 3.82. The van der Waals surface area contributed by atoms with Gasteiger partial charge in [0.1, 0.15) is 11.6 Å². The van der Waals surface area contributed by atoms with Crippen molar-refractivity contribution >= 4 is 17.5 Å². The summed E-state index contributed by atoms with van der Waals surface area (Å²) in [4.78, 5) is 11.1. The van der Waals surface area contributed by atoms with Crippen LogP contribution in [0.4, 0.5) is 17.5 Å². The zero-order chi connectivity index (χ0) is 16.6. The van der Waals surface area contributed by atoms with E-state index in [1.165, 1.54) is 0 Å². The molecule has 1 saturated heterocycles. The van der Waals surface area contributed by atoms with Gasteiger partial charge in [0.05, 0.1) is 20.3 Å². The third kappa shape index (κ3) is 4.81. The van der Waals surface area contributed by atoms with E-state index in [2.05, 4.69) is 25.5 Å². The highest BCUT2D eigenvalue weighted by molar-refractivity contribution is 5.56. The molecular weight excluding hydrogens is 306 g/mol. The van der Waals surface area contributed by atoms with Gasteiger partial charge in [-0.1, -0.05) is 6.07 Å². The monoisotopic (exact) mass is 329 g/mol. The van der Waals surface area contributed by atoms with E-state index in [1.54, 1.807) is 13.3 Å². The molecule has 7 nitrogen and oxygen atoms in total. The smallest absolute Gasteiger partial charge is 0.229 e. The van der Waals surface area contributed by atoms with Crippen LogP contribution in [0.3, 0.4) is 0 Å². The number of nitrogens with zero attached hydrogens (tertiary/aromatic N) is 3. The Morgan fingerprint density at radius 3 is 2.96 bits per heavy atom. The van der Waals surface area contributed by atoms with Crippen LogP contribution in [0, 0.1) is 0 Å². The lowest BCUT2D eigenvalue weighted by Crippen LogP contribution is -2.39. The molecule has 1 aliphatic heterocycles. The SMILES string of the molecule is COc1cccc(Nc2nccc(NCCN3CCOCC3)n2)c1. The summed E-state index contributed by atoms with van der Waals surface area (Å²) in [5.41, 5.74) is 0.889. The second kappa shape index (κ2) is 8.47. The van der Waals surface area contributed by atoms with Crippen LogP contribution in [-0.4, -0.2) is 61.4 Å². The predicted molar refractivity (Wildman–Crippen MR) is 94.1 cm³/mol. The van der Waals surface area contributed by atoms with Crippen molar-refractivity contribution in [2.75, 3.05) is 57.1 Å². The first-order valence-corrected chi connectivity index (χ1v) is 8.11. The van der Waals surface area contributed by atoms with E-state index in [0.29, 0.717) is 5.95 Å². The Bertz CT molecular complexity index is 646. The van der Waals surface area contributed by atoms with E-state index in [4.69, 9.17) is 9.47 Å². The first-order chi connectivity index (χ1) is 11.8. The summed E-state index contributed by atoms with van der Waals surface area (Å²) in [5.74, 6) is 2.16. The Morgan fingerprint density at radius 1 is 1.25 bits per heavy atom. The molecule has 2 aromatic rings. The Labute approximate surface area is 142 Å². The maximum Gasteiger partial charge on any atom is 0.229 e. The van der Waals surface area contributed by atoms with Crippen molar-refractivity contribution in [1.29, 1.82) is 0 Å². The highest BCUT2D eigenvalue weighted by atomic mass is 16.5. The van der Waals surface area contributed by atoms with Crippen molar-refractivity contribution in [3.63, 3.8) is 0 Å². The van der Waals surface area contributed by atoms with Crippen molar-refractivity contribution < 1.29 is 9.47 Å². The van der Waals surface area contributed by atoms with Gasteiger partial charge in [0, 0.05) is 44.1 Å². The van der Waals surface area contributed by atoms with Crippen molar-refractivity contribution in [3.05, 3.63) is 36.5 Å². The van der Waals surface area contributed by atoms with Gasteiger partial charge < -0.3 is 20.1 Å². The van der Waals surface area contributed by atoms with Crippen molar-refractivity contribution in [3.8, 4) is 5.75 Å². The largest absolute Gasteiger partial charge is 0.497 e. The lowest BCUT2D eigenvalue weighted by molar-refractivity contribution is 0.0398. The number of morpholine rings is 1. The predicted octanol–water partition coefficient (Wildman–Crippen LogP) is 1.97. The Morgan fingerprint density at radius 2 is 2.12 bits per heavy atom. The van der Waals surface area contributed by atoms with Gasteiger partial charge in [-0.15, -0.1) is 0 Å². The maximum absolute atomic E-state index is 5.35. The Balaban J connectivity index is 1.53. The van der Waals surface area contributed by atoms with Gasteiger partial charge in [-0.05, 0) is 18.2 Å². The van der Waals surface area contributed by atoms with Crippen LogP contribution < -0.4 is 15.4 Å². The van der Waals surface area contributed by atoms with Gasteiger partial charge in [0.15, 0.2) is 0 Å². The minimum absolute atomic E-state index is 0.555. The minimum Gasteiger partial charge on any atom is -0.497 e. The summed E-state index contributed by atoms with van der Waals surface area (Å²) in [6, 6.07) is 9.55. The summed E-state index contributed by atoms with van der Waals surface area (Å²) < 4.78 is 10.6. The molecule has 7 heteroatoms. The molecule has 0 radical (unpaired) electrons. The fourth-order valence-corrected chi connectivity index (χ4v) is 2.51. The molecule has 0 unspecified atom stereocenters. The molecule has 1 aromatic heterocycles. The van der Waals surface area contributed by atoms with E-state index in [0.717, 1.165) is 56.6 Å². The molecule has 3 rings (SSSR count). The zero-order valence-electron chi connectivity index (χ0n) is 13.9. The standard InChI is InChI=1S/C17H23N5O2/c1-23-15-4-2-3-14(13-15)20-17-19-6-5-16(21-17)18-7-8-22-9-11-24-12-10-22/h2-6,13H,7-12H2,1H3,(H2,18,19,20,21).